The van der Waals surface area contributed by atoms with Gasteiger partial charge in [-0.1, -0.05) is 15.9 Å². The van der Waals surface area contributed by atoms with E-state index in [9.17, 15) is 0 Å². The molecule has 0 saturated carbocycles. The first-order valence-corrected chi connectivity index (χ1v) is 6.91. The Morgan fingerprint density at radius 2 is 2.21 bits per heavy atom. The van der Waals surface area contributed by atoms with Crippen LogP contribution in [0.25, 0.3) is 0 Å². The maximum Gasteiger partial charge on any atom is 0.119 e. The summed E-state index contributed by atoms with van der Waals surface area (Å²) in [5.41, 5.74) is -0.527. The molecule has 1 aromatic rings. The van der Waals surface area contributed by atoms with Crippen LogP contribution in [0.4, 0.5) is 0 Å². The van der Waals surface area contributed by atoms with E-state index in [0.717, 1.165) is 10.2 Å². The molecule has 0 bridgehead atoms. The summed E-state index contributed by atoms with van der Waals surface area (Å²) in [6.07, 6.45) is 0.178. The first kappa shape index (κ1) is 14.3. The smallest absolute Gasteiger partial charge is 0.119 e. The predicted molar refractivity (Wildman–Crippen MR) is 74.0 cm³/mol. The summed E-state index contributed by atoms with van der Waals surface area (Å²) in [6, 6.07) is 9.76. The molecule has 5 heteroatoms. The summed E-state index contributed by atoms with van der Waals surface area (Å²) in [4.78, 5) is 0. The zero-order chi connectivity index (χ0) is 13.7. The molecule has 0 spiro atoms. The van der Waals surface area contributed by atoms with Crippen molar-refractivity contribution in [3.8, 4) is 11.8 Å². The van der Waals surface area contributed by atoms with Gasteiger partial charge in [0.25, 0.3) is 0 Å². The molecule has 0 amide bonds. The molecule has 1 fully saturated rings. The van der Waals surface area contributed by atoms with Crippen LogP contribution in [-0.2, 0) is 9.47 Å². The molecule has 1 heterocycles. The second-order valence-electron chi connectivity index (χ2n) is 4.80. The number of nitriles is 1. The van der Waals surface area contributed by atoms with E-state index in [0.29, 0.717) is 26.2 Å². The van der Waals surface area contributed by atoms with Crippen LogP contribution in [0.5, 0.6) is 5.75 Å². The van der Waals surface area contributed by atoms with E-state index in [1.54, 1.807) is 0 Å². The van der Waals surface area contributed by atoms with Gasteiger partial charge in [-0.2, -0.15) is 5.26 Å². The van der Waals surface area contributed by atoms with Gasteiger partial charge >= 0.3 is 0 Å². The van der Waals surface area contributed by atoms with Crippen molar-refractivity contribution in [1.82, 2.24) is 0 Å². The molecule has 0 aliphatic carbocycles. The van der Waals surface area contributed by atoms with Crippen LogP contribution >= 0.6 is 15.9 Å². The van der Waals surface area contributed by atoms with Crippen molar-refractivity contribution >= 4 is 15.9 Å². The van der Waals surface area contributed by atoms with Gasteiger partial charge in [0, 0.05) is 4.47 Å². The van der Waals surface area contributed by atoms with Crippen molar-refractivity contribution < 1.29 is 14.2 Å². The van der Waals surface area contributed by atoms with Gasteiger partial charge in [-0.3, -0.25) is 0 Å². The van der Waals surface area contributed by atoms with E-state index in [2.05, 4.69) is 22.0 Å². The van der Waals surface area contributed by atoms with Gasteiger partial charge in [-0.15, -0.1) is 0 Å². The Labute approximate surface area is 121 Å². The Kier molecular flexibility index (Phi) is 4.81. The van der Waals surface area contributed by atoms with Gasteiger partial charge in [-0.25, -0.2) is 0 Å². The Morgan fingerprint density at radius 1 is 1.47 bits per heavy atom. The van der Waals surface area contributed by atoms with Crippen LogP contribution in [0.2, 0.25) is 0 Å². The fourth-order valence-electron chi connectivity index (χ4n) is 1.94. The number of hydrogen-bond acceptors (Lipinski definition) is 4. The van der Waals surface area contributed by atoms with Crippen LogP contribution < -0.4 is 4.74 Å². The summed E-state index contributed by atoms with van der Waals surface area (Å²) in [5.74, 6) is 0.791. The van der Waals surface area contributed by atoms with Crippen molar-refractivity contribution in [2.75, 3.05) is 19.8 Å². The van der Waals surface area contributed by atoms with Gasteiger partial charge in [0.1, 0.15) is 24.1 Å². The topological polar surface area (TPSA) is 51.5 Å². The lowest BCUT2D eigenvalue weighted by atomic mass is 10.0. The molecule has 0 unspecified atom stereocenters. The maximum absolute atomic E-state index is 8.78. The highest BCUT2D eigenvalue weighted by Gasteiger charge is 2.34. The Balaban J connectivity index is 1.86. The summed E-state index contributed by atoms with van der Waals surface area (Å²) in [5, 5.41) is 8.78. The highest BCUT2D eigenvalue weighted by atomic mass is 79.9. The molecule has 102 valence electrons. The maximum atomic E-state index is 8.78. The van der Waals surface area contributed by atoms with Crippen LogP contribution in [0.3, 0.4) is 0 Å². The van der Waals surface area contributed by atoms with Gasteiger partial charge in [0.05, 0.1) is 25.7 Å². The molecular weight excluding hydrogens is 310 g/mol. The Hall–Kier alpha value is -1.09. The molecule has 19 heavy (non-hydrogen) atoms. The minimum absolute atomic E-state index is 0.143. The third kappa shape index (κ3) is 4.20. The van der Waals surface area contributed by atoms with Crippen LogP contribution in [-0.4, -0.2) is 31.5 Å². The van der Waals surface area contributed by atoms with Gasteiger partial charge in [0.2, 0.25) is 0 Å². The zero-order valence-electron chi connectivity index (χ0n) is 10.8. The minimum atomic E-state index is -0.527. The fraction of sp³-hybridized carbons (Fsp3) is 0.500. The monoisotopic (exact) mass is 325 g/mol. The van der Waals surface area contributed by atoms with Crippen molar-refractivity contribution in [1.29, 1.82) is 5.26 Å². The number of nitrogens with zero attached hydrogens (tertiary/aromatic N) is 1. The Bertz CT molecular complexity index is 457. The predicted octanol–water partition coefficient (Wildman–Crippen LogP) is 2.92. The lowest BCUT2D eigenvalue weighted by molar-refractivity contribution is -0.195. The van der Waals surface area contributed by atoms with Gasteiger partial charge in [-0.05, 0) is 31.2 Å². The number of ether oxygens (including phenoxy) is 3. The average Bonchev–Trinajstić information content (AvgIpc) is 2.38. The van der Waals surface area contributed by atoms with Gasteiger partial charge < -0.3 is 14.2 Å². The lowest BCUT2D eigenvalue weighted by Gasteiger charge is -2.36. The fourth-order valence-corrected chi connectivity index (χ4v) is 2.20. The third-order valence-electron chi connectivity index (χ3n) is 2.86. The summed E-state index contributed by atoms with van der Waals surface area (Å²) < 4.78 is 18.0. The summed E-state index contributed by atoms with van der Waals surface area (Å²) in [6.45, 7) is 3.26. The van der Waals surface area contributed by atoms with E-state index in [1.807, 2.05) is 31.2 Å². The van der Waals surface area contributed by atoms with Gasteiger partial charge in [0.15, 0.2) is 0 Å². The van der Waals surface area contributed by atoms with E-state index >= 15 is 0 Å². The SMILES string of the molecule is C[C@]1(CC#N)COC[C@@H](COc2ccc(Br)cc2)O1. The number of hydrogen-bond donors (Lipinski definition) is 0. The molecule has 2 rings (SSSR count). The van der Waals surface area contributed by atoms with Crippen molar-refractivity contribution in [2.45, 2.75) is 25.0 Å². The van der Waals surface area contributed by atoms with Crippen molar-refractivity contribution in [2.24, 2.45) is 0 Å². The standard InChI is InChI=1S/C14H16BrNO3/c1-14(6-7-16)10-17-8-13(19-14)9-18-12-4-2-11(15)3-5-12/h2-5,13H,6,8-10H2,1H3/t13-,14-/m0/s1. The molecular formula is C14H16BrNO3. The third-order valence-corrected chi connectivity index (χ3v) is 3.39. The second kappa shape index (κ2) is 6.38. The molecule has 1 aromatic carbocycles. The van der Waals surface area contributed by atoms with Crippen LogP contribution in [0, 0.1) is 11.3 Å². The second-order valence-corrected chi connectivity index (χ2v) is 5.72. The first-order chi connectivity index (χ1) is 9.11. The number of halogens is 1. The number of benzene rings is 1. The zero-order valence-corrected chi connectivity index (χ0v) is 12.4. The largest absolute Gasteiger partial charge is 0.491 e. The highest BCUT2D eigenvalue weighted by Crippen LogP contribution is 2.23. The summed E-state index contributed by atoms with van der Waals surface area (Å²) in [7, 11) is 0. The Morgan fingerprint density at radius 3 is 2.89 bits per heavy atom. The molecule has 4 nitrogen and oxygen atoms in total. The normalized spacial score (nSPS) is 26.7. The molecule has 1 saturated heterocycles. The quantitative estimate of drug-likeness (QED) is 0.854. The van der Waals surface area contributed by atoms with E-state index in [4.69, 9.17) is 19.5 Å². The average molecular weight is 326 g/mol. The molecule has 1 aliphatic heterocycles. The molecule has 1 aliphatic rings. The number of rotatable bonds is 4. The minimum Gasteiger partial charge on any atom is -0.491 e. The summed E-state index contributed by atoms with van der Waals surface area (Å²) >= 11 is 3.37. The van der Waals surface area contributed by atoms with Crippen LogP contribution in [0.1, 0.15) is 13.3 Å². The molecule has 0 N–H and O–H groups in total. The first-order valence-electron chi connectivity index (χ1n) is 6.12. The lowest BCUT2D eigenvalue weighted by Crippen LogP contribution is -2.47. The van der Waals surface area contributed by atoms with E-state index < -0.39 is 5.60 Å². The van der Waals surface area contributed by atoms with Crippen LogP contribution in [0.15, 0.2) is 28.7 Å². The van der Waals surface area contributed by atoms with E-state index in [-0.39, 0.29) is 6.10 Å². The van der Waals surface area contributed by atoms with Crippen molar-refractivity contribution in [3.63, 3.8) is 0 Å². The van der Waals surface area contributed by atoms with Crippen molar-refractivity contribution in [3.05, 3.63) is 28.7 Å². The molecule has 2 atom stereocenters. The molecule has 0 aromatic heterocycles. The molecule has 0 radical (unpaired) electrons. The highest BCUT2D eigenvalue weighted by molar-refractivity contribution is 9.10. The van der Waals surface area contributed by atoms with E-state index in [1.165, 1.54) is 0 Å².